The summed E-state index contributed by atoms with van der Waals surface area (Å²) < 4.78 is 6.22. The van der Waals surface area contributed by atoms with Crippen LogP contribution < -0.4 is 9.75 Å². The number of benzene rings is 3. The Balaban J connectivity index is 1.44. The van der Waals surface area contributed by atoms with Gasteiger partial charge in [-0.25, -0.2) is 4.98 Å². The molecule has 0 saturated heterocycles. The van der Waals surface area contributed by atoms with Gasteiger partial charge in [0.25, 0.3) is 5.91 Å². The summed E-state index contributed by atoms with van der Waals surface area (Å²) in [6.45, 7) is 0.469. The molecule has 1 unspecified atom stereocenters. The van der Waals surface area contributed by atoms with Crippen molar-refractivity contribution in [1.82, 2.24) is 4.98 Å². The van der Waals surface area contributed by atoms with Gasteiger partial charge in [-0.1, -0.05) is 65.9 Å². The molecule has 0 radical (unpaired) electrons. The van der Waals surface area contributed by atoms with E-state index in [9.17, 15) is 4.79 Å². The van der Waals surface area contributed by atoms with Crippen LogP contribution in [0.4, 0.5) is 5.13 Å². The quantitative estimate of drug-likeness (QED) is 0.399. The van der Waals surface area contributed by atoms with Crippen LogP contribution in [0.2, 0.25) is 0 Å². The molecule has 1 aliphatic heterocycles. The van der Waals surface area contributed by atoms with Crippen molar-refractivity contribution in [2.45, 2.75) is 6.54 Å². The third-order valence-corrected chi connectivity index (χ3v) is 6.21. The Morgan fingerprint density at radius 2 is 1.78 bits per heavy atom. The van der Waals surface area contributed by atoms with E-state index in [2.05, 4.69) is 15.1 Å². The summed E-state index contributed by atoms with van der Waals surface area (Å²) in [5.41, 5.74) is 3.46. The number of aliphatic imine (C=N–C) groups is 1. The van der Waals surface area contributed by atoms with E-state index < -0.39 is 5.92 Å². The minimum Gasteiger partial charge on any atom is -0.497 e. The molecule has 1 amide bonds. The number of carbonyl (C=O) groups is 1. The van der Waals surface area contributed by atoms with Crippen LogP contribution in [0.1, 0.15) is 11.1 Å². The lowest BCUT2D eigenvalue weighted by atomic mass is 9.98. The van der Waals surface area contributed by atoms with Gasteiger partial charge in [0.1, 0.15) is 11.7 Å². The Morgan fingerprint density at radius 1 is 1.03 bits per heavy atom. The maximum atomic E-state index is 13.4. The molecule has 0 spiro atoms. The number of methoxy groups -OCH3 is 1. The van der Waals surface area contributed by atoms with E-state index in [1.165, 1.54) is 16.3 Å². The van der Waals surface area contributed by atoms with E-state index in [4.69, 9.17) is 4.74 Å². The predicted octanol–water partition coefficient (Wildman–Crippen LogP) is 4.94. The third-order valence-electron chi connectivity index (χ3n) is 5.20. The van der Waals surface area contributed by atoms with Gasteiger partial charge in [0.15, 0.2) is 0 Å². The first-order chi connectivity index (χ1) is 15.7. The molecule has 7 heteroatoms. The van der Waals surface area contributed by atoms with E-state index in [1.54, 1.807) is 13.3 Å². The maximum absolute atomic E-state index is 13.4. The Bertz CT molecular complexity index is 1280. The number of thiazole rings is 1. The van der Waals surface area contributed by atoms with E-state index in [0.29, 0.717) is 17.4 Å². The van der Waals surface area contributed by atoms with Crippen LogP contribution in [0.15, 0.2) is 89.0 Å². The molecule has 0 fully saturated rings. The molecule has 5 rings (SSSR count). The molecule has 6 nitrogen and oxygen atoms in total. The fraction of sp³-hybridized carbons (Fsp3) is 0.120. The van der Waals surface area contributed by atoms with E-state index in [-0.39, 0.29) is 5.91 Å². The summed E-state index contributed by atoms with van der Waals surface area (Å²) in [6.07, 6.45) is 1.70. The highest BCUT2D eigenvalue weighted by molar-refractivity contribution is 7.22. The molecule has 4 aromatic rings. The minimum absolute atomic E-state index is 0.151. The number of ether oxygens (including phenoxy) is 1. The zero-order chi connectivity index (χ0) is 21.9. The SMILES string of the molecule is COc1ccc(CN=CC2C(=O)N(c3nc4ccccc4s3)N=C2c2ccccc2)cc1. The monoisotopic (exact) mass is 440 g/mol. The number of carbonyl (C=O) groups excluding carboxylic acids is 1. The molecule has 1 aliphatic rings. The largest absolute Gasteiger partial charge is 0.497 e. The van der Waals surface area contributed by atoms with Gasteiger partial charge in [0.05, 0.1) is 29.6 Å². The summed E-state index contributed by atoms with van der Waals surface area (Å²) in [7, 11) is 1.64. The first-order valence-corrected chi connectivity index (χ1v) is 11.0. The second kappa shape index (κ2) is 8.72. The molecule has 2 heterocycles. The van der Waals surface area contributed by atoms with Crippen LogP contribution in [-0.2, 0) is 11.3 Å². The van der Waals surface area contributed by atoms with Crippen molar-refractivity contribution in [2.75, 3.05) is 12.1 Å². The number of nitrogens with zero attached hydrogens (tertiary/aromatic N) is 4. The third kappa shape index (κ3) is 3.90. The summed E-state index contributed by atoms with van der Waals surface area (Å²) in [5.74, 6) is 0.0812. The van der Waals surface area contributed by atoms with Gasteiger partial charge in [-0.05, 0) is 35.4 Å². The number of hydrazone groups is 1. The first kappa shape index (κ1) is 20.1. The highest BCUT2D eigenvalue weighted by Gasteiger charge is 2.37. The van der Waals surface area contributed by atoms with Crippen molar-refractivity contribution in [2.24, 2.45) is 16.0 Å². The van der Waals surface area contributed by atoms with E-state index in [0.717, 1.165) is 27.1 Å². The number of hydrogen-bond acceptors (Lipinski definition) is 6. The van der Waals surface area contributed by atoms with Gasteiger partial charge in [-0.2, -0.15) is 10.1 Å². The van der Waals surface area contributed by atoms with Crippen molar-refractivity contribution in [3.63, 3.8) is 0 Å². The number of fused-ring (bicyclic) bond motifs is 1. The summed E-state index contributed by atoms with van der Waals surface area (Å²) in [6, 6.07) is 25.3. The molecule has 0 N–H and O–H groups in total. The Kier molecular flexibility index (Phi) is 5.47. The van der Waals surface area contributed by atoms with Crippen LogP contribution in [0.5, 0.6) is 5.75 Å². The Morgan fingerprint density at radius 3 is 2.53 bits per heavy atom. The molecule has 1 aromatic heterocycles. The van der Waals surface area contributed by atoms with Crippen molar-refractivity contribution >= 4 is 44.5 Å². The van der Waals surface area contributed by atoms with E-state index in [1.807, 2.05) is 78.9 Å². The van der Waals surface area contributed by atoms with Gasteiger partial charge < -0.3 is 4.74 Å². The molecular formula is C25H20N4O2S. The van der Waals surface area contributed by atoms with Crippen molar-refractivity contribution < 1.29 is 9.53 Å². The average molecular weight is 441 g/mol. The summed E-state index contributed by atoms with van der Waals surface area (Å²) in [5, 5.41) is 6.65. The van der Waals surface area contributed by atoms with Crippen LogP contribution in [-0.4, -0.2) is 29.9 Å². The van der Waals surface area contributed by atoms with Crippen LogP contribution >= 0.6 is 11.3 Å². The second-order valence-electron chi connectivity index (χ2n) is 7.28. The van der Waals surface area contributed by atoms with Crippen LogP contribution in [0.3, 0.4) is 0 Å². The second-order valence-corrected chi connectivity index (χ2v) is 8.29. The Labute approximate surface area is 189 Å². The number of amides is 1. The molecule has 0 bridgehead atoms. The van der Waals surface area contributed by atoms with Gasteiger partial charge in [0.2, 0.25) is 5.13 Å². The zero-order valence-electron chi connectivity index (χ0n) is 17.4. The number of rotatable bonds is 6. The molecule has 1 atom stereocenters. The van der Waals surface area contributed by atoms with Crippen molar-refractivity contribution in [3.8, 4) is 5.75 Å². The summed E-state index contributed by atoms with van der Waals surface area (Å²) >= 11 is 1.45. The summed E-state index contributed by atoms with van der Waals surface area (Å²) in [4.78, 5) is 22.5. The number of aromatic nitrogens is 1. The highest BCUT2D eigenvalue weighted by Crippen LogP contribution is 2.33. The Hall–Kier alpha value is -3.84. The fourth-order valence-corrected chi connectivity index (χ4v) is 4.45. The molecular weight excluding hydrogens is 420 g/mol. The van der Waals surface area contributed by atoms with Crippen LogP contribution in [0.25, 0.3) is 10.2 Å². The first-order valence-electron chi connectivity index (χ1n) is 10.2. The van der Waals surface area contributed by atoms with Gasteiger partial charge >= 0.3 is 0 Å². The minimum atomic E-state index is -0.567. The smallest absolute Gasteiger partial charge is 0.264 e. The van der Waals surface area contributed by atoms with Crippen molar-refractivity contribution in [1.29, 1.82) is 0 Å². The number of hydrogen-bond donors (Lipinski definition) is 0. The molecule has 158 valence electrons. The standard InChI is InChI=1S/C25H20N4O2S/c1-31-19-13-11-17(12-14-19)15-26-16-20-23(18-7-3-2-4-8-18)28-29(24(20)30)25-27-21-9-5-6-10-22(21)32-25/h2-14,16,20H,15H2,1H3. The highest BCUT2D eigenvalue weighted by atomic mass is 32.1. The average Bonchev–Trinajstić information content (AvgIpc) is 3.41. The topological polar surface area (TPSA) is 67.2 Å². The number of para-hydroxylation sites is 1. The normalized spacial score (nSPS) is 16.2. The van der Waals surface area contributed by atoms with E-state index >= 15 is 0 Å². The fourth-order valence-electron chi connectivity index (χ4n) is 3.53. The van der Waals surface area contributed by atoms with Crippen molar-refractivity contribution in [3.05, 3.63) is 90.0 Å². The lowest BCUT2D eigenvalue weighted by Gasteiger charge is -2.08. The lowest BCUT2D eigenvalue weighted by molar-refractivity contribution is -0.118. The zero-order valence-corrected chi connectivity index (χ0v) is 18.2. The molecule has 3 aromatic carbocycles. The molecule has 32 heavy (non-hydrogen) atoms. The maximum Gasteiger partial charge on any atom is 0.264 e. The molecule has 0 aliphatic carbocycles. The van der Waals surface area contributed by atoms with Gasteiger partial charge in [-0.3, -0.25) is 9.79 Å². The van der Waals surface area contributed by atoms with Gasteiger partial charge in [0, 0.05) is 6.21 Å². The van der Waals surface area contributed by atoms with Gasteiger partial charge in [-0.15, -0.1) is 0 Å². The predicted molar refractivity (Wildman–Crippen MR) is 129 cm³/mol. The molecule has 0 saturated carbocycles. The van der Waals surface area contributed by atoms with Crippen LogP contribution in [0, 0.1) is 5.92 Å². The lowest BCUT2D eigenvalue weighted by Crippen LogP contribution is -2.28. The number of anilines is 1.